The second-order valence-electron chi connectivity index (χ2n) is 12.9. The van der Waals surface area contributed by atoms with E-state index in [0.717, 1.165) is 16.7 Å². The minimum Gasteiger partial charge on any atom is -0.457 e. The maximum atomic E-state index is 13.8. The number of nitrogens with zero attached hydrogens (tertiary/aromatic N) is 2. The van der Waals surface area contributed by atoms with Crippen LogP contribution in [-0.4, -0.2) is 84.2 Å². The van der Waals surface area contributed by atoms with Crippen LogP contribution < -0.4 is 10.2 Å². The Hall–Kier alpha value is -3.41. The van der Waals surface area contributed by atoms with Crippen LogP contribution in [0.25, 0.3) is 0 Å². The molecule has 8 unspecified atom stereocenters. The lowest BCUT2D eigenvalue weighted by atomic mass is 9.82. The molecule has 2 fully saturated rings. The molecule has 8 atom stereocenters. The highest BCUT2D eigenvalue weighted by Crippen LogP contribution is 2.49. The van der Waals surface area contributed by atoms with E-state index in [0.29, 0.717) is 23.5 Å². The highest BCUT2D eigenvalue weighted by atomic mass is 35.5. The monoisotopic (exact) mass is 645 g/mol. The molecule has 2 saturated heterocycles. The molecule has 3 aliphatic rings. The molecule has 3 aliphatic heterocycles. The fourth-order valence-corrected chi connectivity index (χ4v) is 6.28. The molecule has 0 saturated carbocycles. The average molecular weight is 646 g/mol. The van der Waals surface area contributed by atoms with Crippen LogP contribution in [0.4, 0.5) is 10.5 Å². The summed E-state index contributed by atoms with van der Waals surface area (Å²) in [5.74, 6) is -1.97. The van der Waals surface area contributed by atoms with Gasteiger partial charge < -0.3 is 29.1 Å². The third-order valence-electron chi connectivity index (χ3n) is 9.47. The average Bonchev–Trinajstić information content (AvgIpc) is 3.68. The topological polar surface area (TPSA) is 138 Å². The number of fused-ring (bicyclic) bond motifs is 5. The molecule has 0 radical (unpaired) electrons. The molecule has 2 N–H and O–H groups in total. The summed E-state index contributed by atoms with van der Waals surface area (Å²) in [6.45, 7) is 10.8. The minimum atomic E-state index is -1.58. The van der Waals surface area contributed by atoms with Gasteiger partial charge in [-0.25, -0.2) is 9.59 Å². The lowest BCUT2D eigenvalue weighted by Crippen LogP contribution is -2.60. The van der Waals surface area contributed by atoms with Gasteiger partial charge in [0.1, 0.15) is 29.6 Å². The van der Waals surface area contributed by atoms with E-state index < -0.39 is 59.6 Å². The van der Waals surface area contributed by atoms with Gasteiger partial charge in [-0.15, -0.1) is 0 Å². The van der Waals surface area contributed by atoms with Gasteiger partial charge in [0.2, 0.25) is 12.3 Å². The van der Waals surface area contributed by atoms with E-state index >= 15 is 0 Å². The van der Waals surface area contributed by atoms with Crippen LogP contribution in [0, 0.1) is 18.8 Å². The third-order valence-corrected chi connectivity index (χ3v) is 9.96. The Morgan fingerprint density at radius 1 is 1.29 bits per heavy atom. The summed E-state index contributed by atoms with van der Waals surface area (Å²) >= 11 is 6.70. The lowest BCUT2D eigenvalue weighted by molar-refractivity contribution is -0.160. The summed E-state index contributed by atoms with van der Waals surface area (Å²) in [4.78, 5) is 53.6. The number of carbonyl (C=O) groups is 4. The number of amides is 3. The molecule has 246 valence electrons. The van der Waals surface area contributed by atoms with Gasteiger partial charge in [0.25, 0.3) is 0 Å². The Kier molecular flexibility index (Phi) is 10.1. The SMILES string of the molecule is C/C1=C\C=C\C(C)C2(O)CC(OC(=O)N2)C(C)C2OC2(C)C(OC(=O)C(C)N(C)C=O)CC(=O)N(C)c2cc(cc(C)c2Cl)C1. The van der Waals surface area contributed by atoms with Crippen LogP contribution in [-0.2, 0) is 35.0 Å². The number of carbonyl (C=O) groups excluding carboxylic acids is 4. The molecule has 1 aromatic carbocycles. The van der Waals surface area contributed by atoms with Gasteiger partial charge in [0.05, 0.1) is 23.2 Å². The van der Waals surface area contributed by atoms with Crippen molar-refractivity contribution < 1.29 is 38.5 Å². The van der Waals surface area contributed by atoms with E-state index in [1.54, 1.807) is 14.0 Å². The zero-order valence-corrected chi connectivity index (χ0v) is 27.9. The predicted molar refractivity (Wildman–Crippen MR) is 169 cm³/mol. The number of alkyl carbamates (subject to hydrolysis) is 1. The number of anilines is 1. The number of esters is 1. The summed E-state index contributed by atoms with van der Waals surface area (Å²) in [6.07, 6.45) is 3.46. The number of aliphatic hydroxyl groups is 1. The molecular weight excluding hydrogens is 602 g/mol. The predicted octanol–water partition coefficient (Wildman–Crippen LogP) is 4.07. The standard InChI is InChI=1S/C33H44ClN3O8/c1-18-10-9-11-20(3)33(42)16-25(43-31(41)35-33)21(4)29-32(6,45-29)26(44-30(40)22(5)36(7)17-38)15-27(39)37(8)24-14-23(12-18)13-19(2)28(24)34/h9-11,13-14,17,20-22,25-26,29,42H,12,15-16H2,1-8H3,(H,35,41)/b11-9+,18-10+. The van der Waals surface area contributed by atoms with Crippen molar-refractivity contribution in [2.24, 2.45) is 11.8 Å². The van der Waals surface area contributed by atoms with Gasteiger partial charge in [-0.2, -0.15) is 0 Å². The summed E-state index contributed by atoms with van der Waals surface area (Å²) < 4.78 is 17.7. The van der Waals surface area contributed by atoms with Crippen LogP contribution in [0.15, 0.2) is 35.9 Å². The number of likely N-dealkylation sites (N-methyl/N-ethyl adjacent to an activating group) is 1. The van der Waals surface area contributed by atoms with E-state index in [-0.39, 0.29) is 18.7 Å². The van der Waals surface area contributed by atoms with Crippen LogP contribution in [0.2, 0.25) is 5.02 Å². The Morgan fingerprint density at radius 3 is 2.64 bits per heavy atom. The maximum Gasteiger partial charge on any atom is 0.409 e. The normalized spacial score (nSPS) is 34.7. The summed E-state index contributed by atoms with van der Waals surface area (Å²) in [7, 11) is 3.08. The second-order valence-corrected chi connectivity index (χ2v) is 13.3. The van der Waals surface area contributed by atoms with Gasteiger partial charge in [-0.05, 0) is 51.3 Å². The molecule has 11 nitrogen and oxygen atoms in total. The van der Waals surface area contributed by atoms with Gasteiger partial charge in [-0.1, -0.05) is 55.3 Å². The fourth-order valence-electron chi connectivity index (χ4n) is 6.04. The maximum absolute atomic E-state index is 13.8. The van der Waals surface area contributed by atoms with Crippen LogP contribution in [0.3, 0.4) is 0 Å². The molecule has 1 aromatic rings. The van der Waals surface area contributed by atoms with Crippen LogP contribution in [0.5, 0.6) is 0 Å². The Morgan fingerprint density at radius 2 is 1.98 bits per heavy atom. The van der Waals surface area contributed by atoms with Crippen molar-refractivity contribution in [3.63, 3.8) is 0 Å². The first-order valence-corrected chi connectivity index (χ1v) is 15.5. The molecule has 0 aromatic heterocycles. The molecule has 45 heavy (non-hydrogen) atoms. The van der Waals surface area contributed by atoms with Gasteiger partial charge in [0.15, 0.2) is 0 Å². The highest BCUT2D eigenvalue weighted by Gasteiger charge is 2.64. The molecule has 0 spiro atoms. The first-order chi connectivity index (χ1) is 21.0. The zero-order chi connectivity index (χ0) is 33.4. The lowest BCUT2D eigenvalue weighted by Gasteiger charge is -2.41. The van der Waals surface area contributed by atoms with Gasteiger partial charge in [-0.3, -0.25) is 14.9 Å². The number of rotatable bonds is 4. The highest BCUT2D eigenvalue weighted by molar-refractivity contribution is 6.34. The van der Waals surface area contributed by atoms with Crippen LogP contribution in [0.1, 0.15) is 58.6 Å². The molecule has 0 aliphatic carbocycles. The van der Waals surface area contributed by atoms with Crippen molar-refractivity contribution in [1.82, 2.24) is 10.2 Å². The molecule has 4 bridgehead atoms. The zero-order valence-electron chi connectivity index (χ0n) is 27.1. The number of nitrogens with one attached hydrogen (secondary N) is 1. The summed E-state index contributed by atoms with van der Waals surface area (Å²) in [5.41, 5.74) is 0.584. The number of ether oxygens (including phenoxy) is 3. The van der Waals surface area contributed by atoms with Gasteiger partial charge >= 0.3 is 12.1 Å². The largest absolute Gasteiger partial charge is 0.457 e. The van der Waals surface area contributed by atoms with Crippen molar-refractivity contribution in [2.45, 2.75) is 96.5 Å². The molecular formula is C33H44ClN3O8. The first-order valence-electron chi connectivity index (χ1n) is 15.2. The number of aryl methyl sites for hydroxylation is 1. The van der Waals surface area contributed by atoms with Crippen molar-refractivity contribution in [3.8, 4) is 0 Å². The van der Waals surface area contributed by atoms with Crippen molar-refractivity contribution in [2.75, 3.05) is 19.0 Å². The van der Waals surface area contributed by atoms with E-state index in [1.165, 1.54) is 23.8 Å². The number of epoxide rings is 1. The second kappa shape index (κ2) is 13.1. The fraction of sp³-hybridized carbons (Fsp3) is 0.576. The Labute approximate surface area is 269 Å². The molecule has 12 heteroatoms. The van der Waals surface area contributed by atoms with Crippen molar-refractivity contribution >= 4 is 41.7 Å². The number of halogens is 1. The third kappa shape index (κ3) is 7.21. The van der Waals surface area contributed by atoms with Crippen molar-refractivity contribution in [1.29, 1.82) is 0 Å². The minimum absolute atomic E-state index is 0.0843. The molecule has 3 amide bonds. The Bertz CT molecular complexity index is 1410. The first kappa shape index (κ1) is 34.5. The van der Waals surface area contributed by atoms with E-state index in [4.69, 9.17) is 25.8 Å². The number of benzene rings is 1. The summed E-state index contributed by atoms with van der Waals surface area (Å²) in [6, 6.07) is 2.93. The van der Waals surface area contributed by atoms with E-state index in [9.17, 15) is 24.3 Å². The van der Waals surface area contributed by atoms with Crippen LogP contribution >= 0.6 is 11.6 Å². The Balaban J connectivity index is 1.77. The van der Waals surface area contributed by atoms with E-state index in [2.05, 4.69) is 5.32 Å². The smallest absolute Gasteiger partial charge is 0.409 e. The van der Waals surface area contributed by atoms with E-state index in [1.807, 2.05) is 58.1 Å². The number of hydrogen-bond acceptors (Lipinski definition) is 8. The van der Waals surface area contributed by atoms with Crippen molar-refractivity contribution in [3.05, 3.63) is 52.1 Å². The summed E-state index contributed by atoms with van der Waals surface area (Å²) in [5, 5.41) is 14.6. The number of hydrogen-bond donors (Lipinski definition) is 2. The quantitative estimate of drug-likeness (QED) is 0.284. The molecule has 3 heterocycles. The number of allylic oxidation sites excluding steroid dienone is 3. The molecule has 4 rings (SSSR count). The van der Waals surface area contributed by atoms with Gasteiger partial charge in [0, 0.05) is 32.4 Å².